The summed E-state index contributed by atoms with van der Waals surface area (Å²) in [4.78, 5) is 11.3. The third-order valence-corrected chi connectivity index (χ3v) is 3.09. The molecular formula is C12H13ClN4O. The van der Waals surface area contributed by atoms with Crippen LogP contribution in [0.4, 0.5) is 0 Å². The van der Waals surface area contributed by atoms with Gasteiger partial charge in [0.25, 0.3) is 5.91 Å². The number of benzene rings is 1. The Bertz CT molecular complexity index is 562. The summed E-state index contributed by atoms with van der Waals surface area (Å²) < 4.78 is 1.81. The third-order valence-electron chi connectivity index (χ3n) is 2.72. The lowest BCUT2D eigenvalue weighted by atomic mass is 10.1. The number of nitrogens with zero attached hydrogens (tertiary/aromatic N) is 2. The van der Waals surface area contributed by atoms with Crippen molar-refractivity contribution in [1.29, 1.82) is 0 Å². The van der Waals surface area contributed by atoms with Crippen molar-refractivity contribution in [2.45, 2.75) is 13.5 Å². The summed E-state index contributed by atoms with van der Waals surface area (Å²) in [6.07, 6.45) is 1.62. The van der Waals surface area contributed by atoms with Crippen LogP contribution in [-0.2, 0) is 6.54 Å². The van der Waals surface area contributed by atoms with E-state index in [2.05, 4.69) is 10.5 Å². The first kappa shape index (κ1) is 12.6. The average molecular weight is 265 g/mol. The zero-order chi connectivity index (χ0) is 13.1. The molecule has 0 spiro atoms. The number of halogens is 1. The fourth-order valence-electron chi connectivity index (χ4n) is 1.60. The molecule has 2 rings (SSSR count). The Labute approximate surface area is 110 Å². The van der Waals surface area contributed by atoms with Crippen molar-refractivity contribution in [3.05, 3.63) is 52.3 Å². The third kappa shape index (κ3) is 2.52. The van der Waals surface area contributed by atoms with Crippen LogP contribution in [0.3, 0.4) is 0 Å². The molecule has 0 aliphatic heterocycles. The molecule has 94 valence electrons. The van der Waals surface area contributed by atoms with Crippen LogP contribution in [0.25, 0.3) is 0 Å². The van der Waals surface area contributed by atoms with Crippen LogP contribution >= 0.6 is 11.6 Å². The van der Waals surface area contributed by atoms with Gasteiger partial charge in [0.2, 0.25) is 0 Å². The second-order valence-corrected chi connectivity index (χ2v) is 4.31. The molecule has 3 N–H and O–H groups in total. The molecular weight excluding hydrogens is 252 g/mol. The van der Waals surface area contributed by atoms with E-state index in [1.165, 1.54) is 0 Å². The molecule has 1 amide bonds. The Morgan fingerprint density at radius 1 is 1.44 bits per heavy atom. The molecule has 0 radical (unpaired) electrons. The summed E-state index contributed by atoms with van der Waals surface area (Å²) in [5.74, 6) is 4.75. The molecule has 1 aromatic heterocycles. The highest BCUT2D eigenvalue weighted by Crippen LogP contribution is 2.15. The number of nitrogens with two attached hydrogens (primary N) is 1. The summed E-state index contributed by atoms with van der Waals surface area (Å²) in [6, 6.07) is 7.16. The standard InChI is InChI=1S/C12H13ClN4O/c1-8-11(13)6-15-17(8)7-9-2-4-10(5-3-9)12(18)16-14/h2-6H,7,14H2,1H3,(H,16,18). The van der Waals surface area contributed by atoms with Gasteiger partial charge >= 0.3 is 0 Å². The molecule has 0 saturated heterocycles. The van der Waals surface area contributed by atoms with Crippen molar-refractivity contribution in [2.24, 2.45) is 5.84 Å². The normalized spacial score (nSPS) is 10.4. The maximum Gasteiger partial charge on any atom is 0.265 e. The van der Waals surface area contributed by atoms with E-state index < -0.39 is 0 Å². The smallest absolute Gasteiger partial charge is 0.265 e. The maximum atomic E-state index is 11.3. The van der Waals surface area contributed by atoms with Gasteiger partial charge in [-0.15, -0.1) is 0 Å². The minimum absolute atomic E-state index is 0.306. The van der Waals surface area contributed by atoms with E-state index in [4.69, 9.17) is 17.4 Å². The van der Waals surface area contributed by atoms with E-state index in [0.717, 1.165) is 11.3 Å². The number of aromatic nitrogens is 2. The highest BCUT2D eigenvalue weighted by molar-refractivity contribution is 6.31. The zero-order valence-corrected chi connectivity index (χ0v) is 10.6. The second-order valence-electron chi connectivity index (χ2n) is 3.91. The number of carbonyl (C=O) groups is 1. The lowest BCUT2D eigenvalue weighted by Gasteiger charge is -2.06. The van der Waals surface area contributed by atoms with Crippen LogP contribution in [0.1, 0.15) is 21.6 Å². The highest BCUT2D eigenvalue weighted by Gasteiger charge is 2.06. The first-order valence-corrected chi connectivity index (χ1v) is 5.77. The molecule has 1 heterocycles. The summed E-state index contributed by atoms with van der Waals surface area (Å²) in [6.45, 7) is 2.52. The van der Waals surface area contributed by atoms with Gasteiger partial charge in [-0.3, -0.25) is 14.9 Å². The molecule has 2 aromatic rings. The summed E-state index contributed by atoms with van der Waals surface area (Å²) in [5, 5.41) is 4.82. The van der Waals surface area contributed by atoms with Crippen molar-refractivity contribution in [2.75, 3.05) is 0 Å². The van der Waals surface area contributed by atoms with Gasteiger partial charge in [-0.05, 0) is 24.6 Å². The second kappa shape index (κ2) is 5.20. The van der Waals surface area contributed by atoms with E-state index in [0.29, 0.717) is 17.1 Å². The Morgan fingerprint density at radius 2 is 2.11 bits per heavy atom. The monoisotopic (exact) mass is 264 g/mol. The van der Waals surface area contributed by atoms with Gasteiger partial charge in [-0.2, -0.15) is 5.10 Å². The highest BCUT2D eigenvalue weighted by atomic mass is 35.5. The first-order chi connectivity index (χ1) is 8.61. The minimum Gasteiger partial charge on any atom is -0.290 e. The number of carbonyl (C=O) groups excluding carboxylic acids is 1. The van der Waals surface area contributed by atoms with Crippen LogP contribution in [-0.4, -0.2) is 15.7 Å². The number of hydrazine groups is 1. The number of nitrogen functional groups attached to an aromatic ring is 1. The van der Waals surface area contributed by atoms with Gasteiger partial charge in [0.15, 0.2) is 0 Å². The average Bonchev–Trinajstić information content (AvgIpc) is 2.71. The van der Waals surface area contributed by atoms with Crippen LogP contribution < -0.4 is 11.3 Å². The van der Waals surface area contributed by atoms with Gasteiger partial charge in [0.05, 0.1) is 23.5 Å². The molecule has 1 aromatic carbocycles. The topological polar surface area (TPSA) is 72.9 Å². The number of nitrogens with one attached hydrogen (secondary N) is 1. The zero-order valence-electron chi connectivity index (χ0n) is 9.85. The molecule has 6 heteroatoms. The van der Waals surface area contributed by atoms with E-state index in [1.807, 2.05) is 19.1 Å². The lowest BCUT2D eigenvalue weighted by molar-refractivity contribution is 0.0953. The lowest BCUT2D eigenvalue weighted by Crippen LogP contribution is -2.29. The van der Waals surface area contributed by atoms with Gasteiger partial charge in [-0.25, -0.2) is 5.84 Å². The summed E-state index contributed by atoms with van der Waals surface area (Å²) in [7, 11) is 0. The van der Waals surface area contributed by atoms with Crippen LogP contribution in [0.15, 0.2) is 30.5 Å². The van der Waals surface area contributed by atoms with E-state index in [1.54, 1.807) is 23.0 Å². The largest absolute Gasteiger partial charge is 0.290 e. The van der Waals surface area contributed by atoms with Gasteiger partial charge < -0.3 is 0 Å². The van der Waals surface area contributed by atoms with Gasteiger partial charge in [-0.1, -0.05) is 23.7 Å². The number of hydrogen-bond donors (Lipinski definition) is 2. The fraction of sp³-hybridized carbons (Fsp3) is 0.167. The summed E-state index contributed by atoms with van der Waals surface area (Å²) >= 11 is 5.93. The number of rotatable bonds is 3. The minimum atomic E-state index is -0.306. The van der Waals surface area contributed by atoms with E-state index >= 15 is 0 Å². The maximum absolute atomic E-state index is 11.3. The number of hydrogen-bond acceptors (Lipinski definition) is 3. The molecule has 0 atom stereocenters. The molecule has 0 fully saturated rings. The SMILES string of the molecule is Cc1c(Cl)cnn1Cc1ccc(C(=O)NN)cc1. The molecule has 0 bridgehead atoms. The van der Waals surface area contributed by atoms with Crippen molar-refractivity contribution in [3.63, 3.8) is 0 Å². The Kier molecular flexibility index (Phi) is 3.64. The molecule has 0 aliphatic carbocycles. The van der Waals surface area contributed by atoms with E-state index in [9.17, 15) is 4.79 Å². The van der Waals surface area contributed by atoms with Gasteiger partial charge in [0.1, 0.15) is 0 Å². The first-order valence-electron chi connectivity index (χ1n) is 5.39. The van der Waals surface area contributed by atoms with Crippen molar-refractivity contribution in [1.82, 2.24) is 15.2 Å². The quantitative estimate of drug-likeness (QED) is 0.501. The molecule has 0 unspecified atom stereocenters. The van der Waals surface area contributed by atoms with Crippen molar-refractivity contribution in [3.8, 4) is 0 Å². The van der Waals surface area contributed by atoms with Crippen LogP contribution in [0, 0.1) is 6.92 Å². The van der Waals surface area contributed by atoms with E-state index in [-0.39, 0.29) is 5.91 Å². The van der Waals surface area contributed by atoms with Crippen molar-refractivity contribution >= 4 is 17.5 Å². The fourth-order valence-corrected chi connectivity index (χ4v) is 1.74. The molecule has 0 aliphatic rings. The predicted molar refractivity (Wildman–Crippen MR) is 69.2 cm³/mol. The Balaban J connectivity index is 2.16. The summed E-state index contributed by atoms with van der Waals surface area (Å²) in [5.41, 5.74) is 4.56. The van der Waals surface area contributed by atoms with Gasteiger partial charge in [0, 0.05) is 5.56 Å². The Morgan fingerprint density at radius 3 is 2.61 bits per heavy atom. The number of amides is 1. The molecule has 5 nitrogen and oxygen atoms in total. The van der Waals surface area contributed by atoms with Crippen molar-refractivity contribution < 1.29 is 4.79 Å². The molecule has 18 heavy (non-hydrogen) atoms. The van der Waals surface area contributed by atoms with Crippen LogP contribution in [0.2, 0.25) is 5.02 Å². The Hall–Kier alpha value is -1.85. The predicted octanol–water partition coefficient (Wildman–Crippen LogP) is 1.50. The van der Waals surface area contributed by atoms with Crippen LogP contribution in [0.5, 0.6) is 0 Å². The molecule has 0 saturated carbocycles.